The largest absolute Gasteiger partial charge is 0 e. The van der Waals surface area contributed by atoms with Crippen LogP contribution in [0.5, 0.6) is 0 Å². The number of piperidine rings is 1. The molecule has 2 saturated heterocycles. The summed E-state index contributed by atoms with van der Waals surface area (Å²) in [5.74, 6) is 4.46. The summed E-state index contributed by atoms with van der Waals surface area (Å²) >= 11 is 0. The van der Waals surface area contributed by atoms with E-state index in [0.29, 0.717) is 50.1 Å². The van der Waals surface area contributed by atoms with E-state index in [4.69, 9.17) is 38.8 Å². The van der Waals surface area contributed by atoms with Crippen LogP contribution in [0.3, 0.4) is 0 Å². The Hall–Kier alpha value is -3.63. The Morgan fingerprint density at radius 1 is 1.00 bits per heavy atom. The molecule has 0 N–H and O–H groups in total. The molecule has 1 aromatic heterocycles. The Morgan fingerprint density at radius 2 is 1.57 bits per heavy atom. The van der Waals surface area contributed by atoms with Gasteiger partial charge in [-0.3, -0.25) is 4.79 Å². The Labute approximate surface area is 320 Å². The summed E-state index contributed by atoms with van der Waals surface area (Å²) in [4.78, 5) is 15.9. The van der Waals surface area contributed by atoms with Crippen LogP contribution in [0.1, 0.15) is 67.6 Å². The quantitative estimate of drug-likeness (QED) is 0.114. The van der Waals surface area contributed by atoms with Crippen LogP contribution in [0.4, 0.5) is 0 Å². The third-order valence-electron chi connectivity index (χ3n) is 8.32. The summed E-state index contributed by atoms with van der Waals surface area (Å²) in [6, 6.07) is 10.2. The van der Waals surface area contributed by atoms with Gasteiger partial charge in [0.25, 0.3) is 0 Å². The van der Waals surface area contributed by atoms with Crippen LogP contribution in [-0.2, 0) is 82.7 Å². The summed E-state index contributed by atoms with van der Waals surface area (Å²) in [6.45, 7) is 35.6. The topological polar surface area (TPSA) is 190 Å². The van der Waals surface area contributed by atoms with E-state index in [1.165, 1.54) is 0 Å². The minimum absolute atomic E-state index is 0. The Bertz CT molecular complexity index is 1590. The van der Waals surface area contributed by atoms with Crippen molar-refractivity contribution in [2.75, 3.05) is 13.1 Å². The molecule has 12 nitrogen and oxygen atoms in total. The zero-order valence-corrected chi connectivity index (χ0v) is 30.2. The smallest absolute Gasteiger partial charge is 0 e. The normalized spacial score (nSPS) is 19.6. The number of amides is 1. The van der Waals surface area contributed by atoms with E-state index < -0.39 is 15.4 Å². The van der Waals surface area contributed by atoms with Crippen molar-refractivity contribution < 1.29 is 79.1 Å². The molecule has 0 saturated carbocycles. The van der Waals surface area contributed by atoms with Crippen LogP contribution < -0.4 is 0 Å². The van der Waals surface area contributed by atoms with E-state index in [0.717, 1.165) is 29.9 Å². The van der Waals surface area contributed by atoms with Crippen molar-refractivity contribution >= 4 is 15.9 Å². The van der Waals surface area contributed by atoms with E-state index >= 15 is 0 Å². The summed E-state index contributed by atoms with van der Waals surface area (Å²) in [5, 5.41) is 0. The van der Waals surface area contributed by atoms with Gasteiger partial charge < -0.3 is 9.32 Å². The molecule has 1 amide bonds. The molecule has 0 unspecified atom stereocenters. The molecule has 2 fully saturated rings. The Morgan fingerprint density at radius 3 is 2.08 bits per heavy atom. The molecule has 51 heavy (non-hydrogen) atoms. The standard InChI is InChI=1S/C30H34N2O4S.6CO.2Co/c1-4-7-10-16-27(33)32-22(6-3)20-30-21-31(37(34,35)24-14-11-9-12-15-24)18-17-26(30)25-19-23(13-8-5-2)36-28(25)29(30)32;6*1-2;;/h2,4,6,9,11-12,14-15,19,22,26,29H,1,3,7-8,10,13,16-18,20-21H2;;;;;;;;/t22-,26-,29-,30-;;;;;;;;/m1......../s1. The van der Waals surface area contributed by atoms with Crippen molar-refractivity contribution in [3.05, 3.63) is 119 Å². The minimum atomic E-state index is -3.67. The van der Waals surface area contributed by atoms with Gasteiger partial charge in [-0.2, -0.15) is 4.31 Å². The summed E-state index contributed by atoms with van der Waals surface area (Å²) in [7, 11) is -3.67. The molecule has 272 valence electrons. The number of allylic oxidation sites excluding steroid dienone is 1. The average molecular weight is 805 g/mol. The number of nitrogens with zero attached hydrogens (tertiary/aromatic N) is 2. The first kappa shape index (κ1) is 54.2. The summed E-state index contributed by atoms with van der Waals surface area (Å²) in [6.07, 6.45) is 13.6. The average Bonchev–Trinajstić information content (AvgIpc) is 3.81. The molecular formula is C36H34Co2N2O10S. The van der Waals surface area contributed by atoms with Gasteiger partial charge in [-0.05, 0) is 55.4 Å². The number of likely N-dealkylation sites (tertiary alicyclic amines) is 1. The van der Waals surface area contributed by atoms with Gasteiger partial charge in [-0.15, -0.1) is 25.5 Å². The zero-order chi connectivity index (χ0) is 38.2. The fraction of sp³-hybridized carbons (Fsp3) is 0.361. The second kappa shape index (κ2) is 29.0. The maximum absolute atomic E-state index is 13.7. The van der Waals surface area contributed by atoms with Gasteiger partial charge in [-0.1, -0.05) is 30.4 Å². The number of sulfonamides is 1. The number of rotatable bonds is 9. The number of hydrogen-bond donors (Lipinski definition) is 0. The van der Waals surface area contributed by atoms with Crippen LogP contribution >= 0.6 is 0 Å². The second-order valence-corrected chi connectivity index (χ2v) is 12.3. The van der Waals surface area contributed by atoms with E-state index in [9.17, 15) is 13.2 Å². The van der Waals surface area contributed by atoms with Crippen LogP contribution in [0, 0.1) is 57.7 Å². The van der Waals surface area contributed by atoms with Gasteiger partial charge in [0.15, 0.2) is 0 Å². The van der Waals surface area contributed by atoms with Crippen molar-refractivity contribution in [2.45, 2.75) is 67.8 Å². The van der Waals surface area contributed by atoms with Gasteiger partial charge in [-0.25, -0.2) is 8.42 Å². The molecule has 2 radical (unpaired) electrons. The number of carbonyl (C=O) groups is 1. The van der Waals surface area contributed by atoms with Crippen molar-refractivity contribution in [3.63, 3.8) is 0 Å². The molecule has 0 bridgehead atoms. The second-order valence-electron chi connectivity index (χ2n) is 10.4. The number of furan rings is 1. The van der Waals surface area contributed by atoms with Gasteiger partial charge in [0, 0.05) is 71.3 Å². The minimum Gasteiger partial charge on any atom is 0 e. The van der Waals surface area contributed by atoms with Crippen molar-refractivity contribution in [1.29, 1.82) is 0 Å². The fourth-order valence-electron chi connectivity index (χ4n) is 6.76. The van der Waals surface area contributed by atoms with Crippen LogP contribution in [-0.4, -0.2) is 42.7 Å². The number of hydrogen-bond acceptors (Lipinski definition) is 4. The first-order valence-electron chi connectivity index (χ1n) is 14.3. The number of benzene rings is 1. The molecule has 2 aromatic rings. The maximum atomic E-state index is 13.7. The third kappa shape index (κ3) is 12.2. The molecule has 3 heterocycles. The molecular weight excluding hydrogens is 770 g/mol. The predicted octanol–water partition coefficient (Wildman–Crippen LogP) is 4.98. The predicted molar refractivity (Wildman–Crippen MR) is 167 cm³/mol. The first-order chi connectivity index (χ1) is 23.9. The molecule has 5 rings (SSSR count). The molecule has 4 atom stereocenters. The summed E-state index contributed by atoms with van der Waals surface area (Å²) in [5.41, 5.74) is 0.645. The van der Waals surface area contributed by atoms with Gasteiger partial charge >= 0.3 is 67.8 Å². The van der Waals surface area contributed by atoms with Gasteiger partial charge in [0.2, 0.25) is 15.9 Å². The molecule has 3 aliphatic rings. The van der Waals surface area contributed by atoms with Crippen LogP contribution in [0.15, 0.2) is 71.0 Å². The fourth-order valence-corrected chi connectivity index (χ4v) is 8.32. The van der Waals surface area contributed by atoms with E-state index in [1.807, 2.05) is 23.1 Å². The molecule has 1 aliphatic carbocycles. The first-order valence-corrected chi connectivity index (χ1v) is 15.7. The van der Waals surface area contributed by atoms with E-state index in [1.54, 1.807) is 28.6 Å². The number of carbonyl (C=O) groups excluding carboxylic acids is 1. The van der Waals surface area contributed by atoms with Crippen molar-refractivity contribution in [3.8, 4) is 12.3 Å². The van der Waals surface area contributed by atoms with E-state index in [-0.39, 0.29) is 57.5 Å². The number of terminal acetylenes is 1. The molecule has 15 heteroatoms. The SMILES string of the molecule is C#CCCc1cc2c(o1)[C@H]1N(C(=O)CCCC=C)[C@H](C=C)C[C@]13CN(S(=O)(=O)c1ccccc1)CC[C@H]23.[C-]#[O+].[C-]#[O+].[C-]#[O+].[C-]#[O+].[C-]#[O+].[C-]#[O+].[Co].[Co]. The van der Waals surface area contributed by atoms with Crippen molar-refractivity contribution in [1.82, 2.24) is 9.21 Å². The van der Waals surface area contributed by atoms with Gasteiger partial charge in [0.1, 0.15) is 11.5 Å². The monoisotopic (exact) mass is 804 g/mol. The van der Waals surface area contributed by atoms with Crippen LogP contribution in [0.2, 0.25) is 0 Å². The summed E-state index contributed by atoms with van der Waals surface area (Å²) < 4.78 is 80.4. The number of aryl methyl sites for hydroxylation is 1. The van der Waals surface area contributed by atoms with Crippen LogP contribution in [0.25, 0.3) is 0 Å². The van der Waals surface area contributed by atoms with E-state index in [2.05, 4.69) is 65.0 Å². The third-order valence-corrected chi connectivity index (χ3v) is 10.2. The molecule has 1 spiro atoms. The molecule has 1 aromatic carbocycles. The van der Waals surface area contributed by atoms with Crippen molar-refractivity contribution in [2.24, 2.45) is 5.41 Å². The Kier molecular flexibility index (Phi) is 30.8. The van der Waals surface area contributed by atoms with Gasteiger partial charge in [0.05, 0.1) is 17.0 Å². The Balaban J connectivity index is -0.000000717. The number of unbranched alkanes of at least 4 members (excludes halogenated alkanes) is 1. The maximum Gasteiger partial charge on any atom is 0 e. The number of fused-ring (bicyclic) bond motifs is 3. The zero-order valence-electron chi connectivity index (χ0n) is 27.3. The molecule has 2 aliphatic heterocycles.